The Labute approximate surface area is 227 Å². The summed E-state index contributed by atoms with van der Waals surface area (Å²) in [6.45, 7) is 4.09. The number of amides is 3. The lowest BCUT2D eigenvalue weighted by Gasteiger charge is -2.18. The lowest BCUT2D eigenvalue weighted by molar-refractivity contribution is -0.130. The van der Waals surface area contributed by atoms with E-state index in [0.29, 0.717) is 30.2 Å². The summed E-state index contributed by atoms with van der Waals surface area (Å²) < 4.78 is 1.84. The average molecular weight is 523 g/mol. The van der Waals surface area contributed by atoms with Gasteiger partial charge in [0.05, 0.1) is 6.54 Å². The Morgan fingerprint density at radius 3 is 2.31 bits per heavy atom. The zero-order chi connectivity index (χ0) is 27.6. The van der Waals surface area contributed by atoms with Gasteiger partial charge in [-0.05, 0) is 55.0 Å². The molecule has 2 heterocycles. The van der Waals surface area contributed by atoms with E-state index in [2.05, 4.69) is 15.6 Å². The molecule has 0 aliphatic heterocycles. The molecule has 9 heteroatoms. The Balaban J connectivity index is 1.45. The van der Waals surface area contributed by atoms with Crippen LogP contribution >= 0.6 is 0 Å². The number of aromatic nitrogens is 3. The number of rotatable bonds is 10. The molecule has 0 aliphatic carbocycles. The van der Waals surface area contributed by atoms with E-state index in [0.717, 1.165) is 16.7 Å². The molecular weight excluding hydrogens is 492 g/mol. The third-order valence-electron chi connectivity index (χ3n) is 5.83. The van der Waals surface area contributed by atoms with Gasteiger partial charge in [-0.3, -0.25) is 24.0 Å². The standard InChI is InChI=1S/C30H30N6O3/c1-3-35(21-28(38)33-27-14-12-26(13-15-27)32-22(2)37)29(39)16-11-25-20-36(19-23-8-5-4-6-9-23)34-30(25)24-10-7-17-31-18-24/h4-18,20H,3,19,21H2,1-2H3,(H,32,37)(H,33,38). The number of nitrogens with one attached hydrogen (secondary N) is 2. The Morgan fingerprint density at radius 1 is 0.949 bits per heavy atom. The molecule has 0 saturated heterocycles. The number of nitrogens with zero attached hydrogens (tertiary/aromatic N) is 4. The molecule has 9 nitrogen and oxygen atoms in total. The Bertz CT molecular complexity index is 1450. The van der Waals surface area contributed by atoms with Gasteiger partial charge in [-0.1, -0.05) is 30.3 Å². The van der Waals surface area contributed by atoms with Crippen LogP contribution in [0.3, 0.4) is 0 Å². The first-order valence-electron chi connectivity index (χ1n) is 12.6. The number of hydrogen-bond acceptors (Lipinski definition) is 5. The number of carbonyl (C=O) groups excluding carboxylic acids is 3. The van der Waals surface area contributed by atoms with Crippen molar-refractivity contribution in [2.24, 2.45) is 0 Å². The van der Waals surface area contributed by atoms with Crippen molar-refractivity contribution in [1.29, 1.82) is 0 Å². The van der Waals surface area contributed by atoms with Crippen molar-refractivity contribution in [1.82, 2.24) is 19.7 Å². The van der Waals surface area contributed by atoms with Crippen LogP contribution in [0.2, 0.25) is 0 Å². The van der Waals surface area contributed by atoms with Crippen molar-refractivity contribution >= 4 is 35.2 Å². The molecule has 3 amide bonds. The number of anilines is 2. The number of hydrogen-bond donors (Lipinski definition) is 2. The minimum atomic E-state index is -0.322. The Morgan fingerprint density at radius 2 is 1.67 bits per heavy atom. The van der Waals surface area contributed by atoms with Crippen molar-refractivity contribution < 1.29 is 14.4 Å². The van der Waals surface area contributed by atoms with Crippen LogP contribution in [0.5, 0.6) is 0 Å². The van der Waals surface area contributed by atoms with Crippen molar-refractivity contribution in [3.63, 3.8) is 0 Å². The van der Waals surface area contributed by atoms with Gasteiger partial charge in [-0.15, -0.1) is 0 Å². The fourth-order valence-electron chi connectivity index (χ4n) is 3.96. The zero-order valence-corrected chi connectivity index (χ0v) is 21.9. The normalized spacial score (nSPS) is 10.8. The quantitative estimate of drug-likeness (QED) is 0.299. The molecule has 0 spiro atoms. The van der Waals surface area contributed by atoms with Crippen LogP contribution < -0.4 is 10.6 Å². The number of likely N-dealkylation sites (N-methyl/N-ethyl adjacent to an activating group) is 1. The summed E-state index contributed by atoms with van der Waals surface area (Å²) in [5.74, 6) is -0.785. The molecule has 0 atom stereocenters. The molecule has 2 N–H and O–H groups in total. The van der Waals surface area contributed by atoms with Gasteiger partial charge in [-0.2, -0.15) is 5.10 Å². The molecule has 0 aliphatic rings. The maximum Gasteiger partial charge on any atom is 0.247 e. The summed E-state index contributed by atoms with van der Waals surface area (Å²) in [7, 11) is 0. The van der Waals surface area contributed by atoms with E-state index in [-0.39, 0.29) is 24.3 Å². The summed E-state index contributed by atoms with van der Waals surface area (Å²) in [6, 6.07) is 20.5. The smallest absolute Gasteiger partial charge is 0.247 e. The second-order valence-electron chi connectivity index (χ2n) is 8.85. The first kappa shape index (κ1) is 27.0. The van der Waals surface area contributed by atoms with Crippen molar-refractivity contribution in [2.45, 2.75) is 20.4 Å². The van der Waals surface area contributed by atoms with E-state index in [1.54, 1.807) is 42.7 Å². The molecule has 0 bridgehead atoms. The van der Waals surface area contributed by atoms with Gasteiger partial charge < -0.3 is 15.5 Å². The molecule has 0 unspecified atom stereocenters. The summed E-state index contributed by atoms with van der Waals surface area (Å²) >= 11 is 0. The van der Waals surface area contributed by atoms with E-state index in [1.807, 2.05) is 60.3 Å². The lowest BCUT2D eigenvalue weighted by atomic mass is 10.1. The minimum absolute atomic E-state index is 0.101. The van der Waals surface area contributed by atoms with E-state index in [9.17, 15) is 14.4 Å². The van der Waals surface area contributed by atoms with Crippen LogP contribution in [-0.2, 0) is 20.9 Å². The number of benzene rings is 2. The van der Waals surface area contributed by atoms with Gasteiger partial charge in [0.2, 0.25) is 17.7 Å². The Kier molecular flexibility index (Phi) is 8.97. The molecule has 4 rings (SSSR count). The van der Waals surface area contributed by atoms with Crippen molar-refractivity contribution in [2.75, 3.05) is 23.7 Å². The van der Waals surface area contributed by atoms with Crippen LogP contribution in [0.25, 0.3) is 17.3 Å². The minimum Gasteiger partial charge on any atom is -0.330 e. The summed E-state index contributed by atoms with van der Waals surface area (Å²) in [6.07, 6.45) is 8.51. The predicted molar refractivity (Wildman–Crippen MR) is 152 cm³/mol. The van der Waals surface area contributed by atoms with Gasteiger partial charge in [0, 0.05) is 60.6 Å². The highest BCUT2D eigenvalue weighted by molar-refractivity contribution is 5.98. The fraction of sp³-hybridized carbons (Fsp3) is 0.167. The SMILES string of the molecule is CCN(CC(=O)Nc1ccc(NC(C)=O)cc1)C(=O)C=Cc1cn(Cc2ccccc2)nc1-c1cccnc1. The van der Waals surface area contributed by atoms with Crippen LogP contribution in [0.15, 0.2) is 91.4 Å². The van der Waals surface area contributed by atoms with Crippen LogP contribution in [0.1, 0.15) is 25.0 Å². The molecule has 4 aromatic rings. The van der Waals surface area contributed by atoms with Crippen LogP contribution in [0.4, 0.5) is 11.4 Å². The van der Waals surface area contributed by atoms with Gasteiger partial charge >= 0.3 is 0 Å². The molecule has 198 valence electrons. The van der Waals surface area contributed by atoms with Gasteiger partial charge in [0.1, 0.15) is 12.2 Å². The van der Waals surface area contributed by atoms with Gasteiger partial charge in [0.15, 0.2) is 0 Å². The molecule has 0 saturated carbocycles. The van der Waals surface area contributed by atoms with Crippen molar-refractivity contribution in [3.8, 4) is 11.3 Å². The maximum absolute atomic E-state index is 13.0. The third-order valence-corrected chi connectivity index (χ3v) is 5.83. The monoisotopic (exact) mass is 522 g/mol. The highest BCUT2D eigenvalue weighted by atomic mass is 16.2. The van der Waals surface area contributed by atoms with Gasteiger partial charge in [-0.25, -0.2) is 0 Å². The molecular formula is C30H30N6O3. The van der Waals surface area contributed by atoms with E-state index >= 15 is 0 Å². The van der Waals surface area contributed by atoms with Crippen molar-refractivity contribution in [3.05, 3.63) is 103 Å². The zero-order valence-electron chi connectivity index (χ0n) is 21.9. The summed E-state index contributed by atoms with van der Waals surface area (Å²) in [5, 5.41) is 10.2. The predicted octanol–water partition coefficient (Wildman–Crippen LogP) is 4.45. The van der Waals surface area contributed by atoms with E-state index < -0.39 is 0 Å². The maximum atomic E-state index is 13.0. The van der Waals surface area contributed by atoms with Crippen LogP contribution in [0, 0.1) is 0 Å². The molecule has 0 fully saturated rings. The van der Waals surface area contributed by atoms with E-state index in [4.69, 9.17) is 5.10 Å². The average Bonchev–Trinajstić information content (AvgIpc) is 3.34. The second-order valence-corrected chi connectivity index (χ2v) is 8.85. The van der Waals surface area contributed by atoms with Gasteiger partial charge in [0.25, 0.3) is 0 Å². The first-order chi connectivity index (χ1) is 18.9. The molecule has 2 aromatic carbocycles. The number of pyridine rings is 1. The van der Waals surface area contributed by atoms with Crippen LogP contribution in [-0.4, -0.2) is 50.5 Å². The molecule has 39 heavy (non-hydrogen) atoms. The molecule has 2 aromatic heterocycles. The highest BCUT2D eigenvalue weighted by Crippen LogP contribution is 2.23. The highest BCUT2D eigenvalue weighted by Gasteiger charge is 2.15. The summed E-state index contributed by atoms with van der Waals surface area (Å²) in [5.41, 5.74) is 4.64. The topological polar surface area (TPSA) is 109 Å². The first-order valence-corrected chi connectivity index (χ1v) is 12.6. The number of carbonyl (C=O) groups is 3. The second kappa shape index (κ2) is 13.0. The fourth-order valence-corrected chi connectivity index (χ4v) is 3.96. The summed E-state index contributed by atoms with van der Waals surface area (Å²) in [4.78, 5) is 42.5. The third kappa shape index (κ3) is 7.72. The van der Waals surface area contributed by atoms with E-state index in [1.165, 1.54) is 17.9 Å². The Hall–Kier alpha value is -5.05. The largest absolute Gasteiger partial charge is 0.330 e. The lowest BCUT2D eigenvalue weighted by Crippen LogP contribution is -2.36. The molecule has 0 radical (unpaired) electrons.